The summed E-state index contributed by atoms with van der Waals surface area (Å²) in [4.78, 5) is 2.73. The molecule has 1 aliphatic carbocycles. The Balaban J connectivity index is 1.62. The van der Waals surface area contributed by atoms with E-state index in [-0.39, 0.29) is 0 Å². The van der Waals surface area contributed by atoms with Gasteiger partial charge in [-0.2, -0.15) is 0 Å². The fourth-order valence-electron chi connectivity index (χ4n) is 4.27. The Kier molecular flexibility index (Phi) is 5.92. The van der Waals surface area contributed by atoms with Crippen molar-refractivity contribution in [2.45, 2.75) is 62.9 Å². The van der Waals surface area contributed by atoms with Crippen molar-refractivity contribution in [3.8, 4) is 0 Å². The Morgan fingerprint density at radius 1 is 0.905 bits per heavy atom. The molecule has 0 amide bonds. The molecule has 0 bridgehead atoms. The zero-order valence-electron chi connectivity index (χ0n) is 13.4. The van der Waals surface area contributed by atoms with E-state index < -0.39 is 0 Å². The van der Waals surface area contributed by atoms with Crippen LogP contribution in [0.5, 0.6) is 0 Å². The standard InChI is InChI=1S/C17H32N2O2/c1-2-4-8-17(7-3-1,19-9-12-20-13-10-19)15-18-16-6-5-11-21-14-16/h16,18H,1-15H2/t16-/m0/s1. The maximum atomic E-state index is 5.63. The van der Waals surface area contributed by atoms with Crippen molar-refractivity contribution in [3.63, 3.8) is 0 Å². The van der Waals surface area contributed by atoms with Gasteiger partial charge in [-0.15, -0.1) is 0 Å². The van der Waals surface area contributed by atoms with Gasteiger partial charge in [-0.25, -0.2) is 0 Å². The second kappa shape index (κ2) is 7.91. The van der Waals surface area contributed by atoms with Crippen LogP contribution in [0.3, 0.4) is 0 Å². The SMILES string of the molecule is C1CCCC(CN[C@H]2CCCOC2)(N2CCOCC2)CC1. The summed E-state index contributed by atoms with van der Waals surface area (Å²) >= 11 is 0. The zero-order valence-corrected chi connectivity index (χ0v) is 13.4. The van der Waals surface area contributed by atoms with Gasteiger partial charge in [-0.05, 0) is 25.7 Å². The summed E-state index contributed by atoms with van der Waals surface area (Å²) in [6, 6.07) is 0.569. The molecule has 21 heavy (non-hydrogen) atoms. The zero-order chi connectivity index (χ0) is 14.4. The number of ether oxygens (including phenoxy) is 2. The average Bonchev–Trinajstić information content (AvgIpc) is 2.81. The molecule has 0 spiro atoms. The molecular formula is C17H32N2O2. The number of morpholine rings is 1. The van der Waals surface area contributed by atoms with Gasteiger partial charge in [-0.3, -0.25) is 4.90 Å². The van der Waals surface area contributed by atoms with E-state index in [1.807, 2.05) is 0 Å². The van der Waals surface area contributed by atoms with Gasteiger partial charge in [0.1, 0.15) is 0 Å². The van der Waals surface area contributed by atoms with Crippen LogP contribution in [0.4, 0.5) is 0 Å². The minimum absolute atomic E-state index is 0.373. The largest absolute Gasteiger partial charge is 0.380 e. The molecule has 0 aromatic heterocycles. The molecule has 2 saturated heterocycles. The topological polar surface area (TPSA) is 33.7 Å². The third-order valence-corrected chi connectivity index (χ3v) is 5.60. The summed E-state index contributed by atoms with van der Waals surface area (Å²) in [5.74, 6) is 0. The molecule has 1 atom stereocenters. The van der Waals surface area contributed by atoms with Gasteiger partial charge in [0.15, 0.2) is 0 Å². The maximum absolute atomic E-state index is 5.63. The number of hydrogen-bond acceptors (Lipinski definition) is 4. The van der Waals surface area contributed by atoms with Crippen LogP contribution in [0.2, 0.25) is 0 Å². The van der Waals surface area contributed by atoms with E-state index in [0.717, 1.165) is 46.1 Å². The number of nitrogens with one attached hydrogen (secondary N) is 1. The summed E-state index contributed by atoms with van der Waals surface area (Å²) in [5, 5.41) is 3.85. The lowest BCUT2D eigenvalue weighted by atomic mass is 9.87. The van der Waals surface area contributed by atoms with Crippen molar-refractivity contribution in [2.75, 3.05) is 46.1 Å². The molecule has 2 heterocycles. The molecule has 4 heteroatoms. The van der Waals surface area contributed by atoms with Crippen molar-refractivity contribution >= 4 is 0 Å². The molecule has 0 unspecified atom stereocenters. The van der Waals surface area contributed by atoms with Crippen LogP contribution in [0.1, 0.15) is 51.4 Å². The van der Waals surface area contributed by atoms with Gasteiger partial charge >= 0.3 is 0 Å². The summed E-state index contributed by atoms with van der Waals surface area (Å²) in [7, 11) is 0. The van der Waals surface area contributed by atoms with Crippen molar-refractivity contribution in [1.82, 2.24) is 10.2 Å². The summed E-state index contributed by atoms with van der Waals surface area (Å²) in [6.07, 6.45) is 10.8. The summed E-state index contributed by atoms with van der Waals surface area (Å²) in [6.45, 7) is 7.04. The van der Waals surface area contributed by atoms with Gasteiger partial charge in [0.05, 0.1) is 19.8 Å². The Morgan fingerprint density at radius 3 is 2.33 bits per heavy atom. The lowest BCUT2D eigenvalue weighted by Gasteiger charge is -2.46. The normalized spacial score (nSPS) is 31.7. The predicted octanol–water partition coefficient (Wildman–Crippen LogP) is 2.18. The Labute approximate surface area is 129 Å². The van der Waals surface area contributed by atoms with E-state index in [1.54, 1.807) is 0 Å². The fourth-order valence-corrected chi connectivity index (χ4v) is 4.27. The molecule has 3 rings (SSSR count). The van der Waals surface area contributed by atoms with E-state index in [9.17, 15) is 0 Å². The number of hydrogen-bond donors (Lipinski definition) is 1. The first-order chi connectivity index (χ1) is 10.4. The molecule has 0 radical (unpaired) electrons. The van der Waals surface area contributed by atoms with Gasteiger partial charge in [0, 0.05) is 37.8 Å². The summed E-state index contributed by atoms with van der Waals surface area (Å²) in [5.41, 5.74) is 0.373. The Morgan fingerprint density at radius 2 is 1.67 bits per heavy atom. The molecule has 4 nitrogen and oxygen atoms in total. The van der Waals surface area contributed by atoms with Crippen LogP contribution in [0.15, 0.2) is 0 Å². The van der Waals surface area contributed by atoms with E-state index in [0.29, 0.717) is 11.6 Å². The monoisotopic (exact) mass is 296 g/mol. The second-order valence-electron chi connectivity index (χ2n) is 7.03. The molecule has 0 aromatic rings. The number of nitrogens with zero attached hydrogens (tertiary/aromatic N) is 1. The van der Waals surface area contributed by atoms with E-state index in [1.165, 1.54) is 51.4 Å². The lowest BCUT2D eigenvalue weighted by molar-refractivity contribution is -0.0319. The third kappa shape index (κ3) is 4.19. The first-order valence-electron chi connectivity index (χ1n) is 9.03. The van der Waals surface area contributed by atoms with Crippen molar-refractivity contribution < 1.29 is 9.47 Å². The van der Waals surface area contributed by atoms with E-state index in [4.69, 9.17) is 9.47 Å². The average molecular weight is 296 g/mol. The van der Waals surface area contributed by atoms with Crippen LogP contribution in [0, 0.1) is 0 Å². The first kappa shape index (κ1) is 15.7. The minimum atomic E-state index is 0.373. The summed E-state index contributed by atoms with van der Waals surface area (Å²) < 4.78 is 11.2. The minimum Gasteiger partial charge on any atom is -0.380 e. The maximum Gasteiger partial charge on any atom is 0.0619 e. The predicted molar refractivity (Wildman–Crippen MR) is 84.7 cm³/mol. The van der Waals surface area contributed by atoms with Crippen LogP contribution in [-0.2, 0) is 9.47 Å². The van der Waals surface area contributed by atoms with Crippen molar-refractivity contribution in [1.29, 1.82) is 0 Å². The first-order valence-corrected chi connectivity index (χ1v) is 9.03. The van der Waals surface area contributed by atoms with Crippen LogP contribution in [-0.4, -0.2) is 62.5 Å². The molecule has 3 fully saturated rings. The fraction of sp³-hybridized carbons (Fsp3) is 1.00. The van der Waals surface area contributed by atoms with Crippen LogP contribution >= 0.6 is 0 Å². The lowest BCUT2D eigenvalue weighted by Crippen LogP contribution is -2.59. The van der Waals surface area contributed by atoms with E-state index in [2.05, 4.69) is 10.2 Å². The second-order valence-corrected chi connectivity index (χ2v) is 7.03. The molecule has 122 valence electrons. The molecule has 1 N–H and O–H groups in total. The molecular weight excluding hydrogens is 264 g/mol. The van der Waals surface area contributed by atoms with Gasteiger partial charge in [0.2, 0.25) is 0 Å². The van der Waals surface area contributed by atoms with Crippen LogP contribution < -0.4 is 5.32 Å². The molecule has 2 aliphatic heterocycles. The van der Waals surface area contributed by atoms with Crippen molar-refractivity contribution in [2.24, 2.45) is 0 Å². The van der Waals surface area contributed by atoms with Crippen molar-refractivity contribution in [3.05, 3.63) is 0 Å². The molecule has 1 saturated carbocycles. The highest BCUT2D eigenvalue weighted by atomic mass is 16.5. The highest BCUT2D eigenvalue weighted by molar-refractivity contribution is 4.96. The molecule has 0 aromatic carbocycles. The van der Waals surface area contributed by atoms with Crippen LogP contribution in [0.25, 0.3) is 0 Å². The smallest absolute Gasteiger partial charge is 0.0619 e. The quantitative estimate of drug-likeness (QED) is 0.806. The van der Waals surface area contributed by atoms with Gasteiger partial charge in [0.25, 0.3) is 0 Å². The Hall–Kier alpha value is -0.160. The van der Waals surface area contributed by atoms with Gasteiger partial charge in [-0.1, -0.05) is 25.7 Å². The highest BCUT2D eigenvalue weighted by Gasteiger charge is 2.38. The highest BCUT2D eigenvalue weighted by Crippen LogP contribution is 2.33. The van der Waals surface area contributed by atoms with E-state index >= 15 is 0 Å². The molecule has 3 aliphatic rings. The van der Waals surface area contributed by atoms with Gasteiger partial charge < -0.3 is 14.8 Å². The Bertz CT molecular complexity index is 291. The number of rotatable bonds is 4. The third-order valence-electron chi connectivity index (χ3n) is 5.60.